The Bertz CT molecular complexity index is 632. The van der Waals surface area contributed by atoms with Gasteiger partial charge in [-0.1, -0.05) is 0 Å². The molecule has 0 saturated carbocycles. The van der Waals surface area contributed by atoms with E-state index < -0.39 is 0 Å². The highest BCUT2D eigenvalue weighted by Crippen LogP contribution is 2.21. The number of pyridine rings is 1. The third-order valence-electron chi connectivity index (χ3n) is 4.44. The summed E-state index contributed by atoms with van der Waals surface area (Å²) in [7, 11) is 1.98. The Morgan fingerprint density at radius 1 is 1.35 bits per heavy atom. The average molecular weight is 313 g/mol. The van der Waals surface area contributed by atoms with Crippen molar-refractivity contribution in [3.8, 4) is 5.69 Å². The average Bonchev–Trinajstić information content (AvgIpc) is 3.14. The van der Waals surface area contributed by atoms with Crippen LogP contribution < -0.4 is 5.32 Å². The second kappa shape index (κ2) is 7.37. The molecule has 1 amide bonds. The molecule has 0 atom stereocenters. The van der Waals surface area contributed by atoms with Crippen LogP contribution in [-0.4, -0.2) is 52.3 Å². The van der Waals surface area contributed by atoms with Crippen molar-refractivity contribution in [2.45, 2.75) is 19.3 Å². The number of carbonyl (C=O) groups excluding carboxylic acids is 1. The first kappa shape index (κ1) is 15.7. The molecule has 0 spiro atoms. The molecule has 0 aliphatic carbocycles. The van der Waals surface area contributed by atoms with Gasteiger partial charge < -0.3 is 10.2 Å². The van der Waals surface area contributed by atoms with Gasteiger partial charge >= 0.3 is 0 Å². The van der Waals surface area contributed by atoms with E-state index in [0.29, 0.717) is 5.69 Å². The van der Waals surface area contributed by atoms with Crippen molar-refractivity contribution >= 4 is 5.91 Å². The first-order valence-electron chi connectivity index (χ1n) is 8.18. The molecule has 6 heteroatoms. The second-order valence-corrected chi connectivity index (χ2v) is 5.98. The maximum absolute atomic E-state index is 12.7. The van der Waals surface area contributed by atoms with Gasteiger partial charge in [-0.15, -0.1) is 0 Å². The molecule has 23 heavy (non-hydrogen) atoms. The predicted octanol–water partition coefficient (Wildman–Crippen LogP) is 1.73. The number of piperidine rings is 1. The molecule has 6 nitrogen and oxygen atoms in total. The highest BCUT2D eigenvalue weighted by molar-refractivity contribution is 5.92. The lowest BCUT2D eigenvalue weighted by atomic mass is 9.93. The van der Waals surface area contributed by atoms with Crippen LogP contribution in [-0.2, 0) is 0 Å². The van der Waals surface area contributed by atoms with Crippen LogP contribution in [0.3, 0.4) is 0 Å². The summed E-state index contributed by atoms with van der Waals surface area (Å²) >= 11 is 0. The second-order valence-electron chi connectivity index (χ2n) is 5.98. The van der Waals surface area contributed by atoms with Gasteiger partial charge in [-0.05, 0) is 57.0 Å². The van der Waals surface area contributed by atoms with E-state index in [1.165, 1.54) is 6.42 Å². The van der Waals surface area contributed by atoms with Crippen LogP contribution in [0.25, 0.3) is 5.69 Å². The molecule has 2 aromatic rings. The lowest BCUT2D eigenvalue weighted by molar-refractivity contribution is 0.0681. The lowest BCUT2D eigenvalue weighted by Gasteiger charge is -2.31. The fourth-order valence-corrected chi connectivity index (χ4v) is 3.04. The van der Waals surface area contributed by atoms with Crippen LogP contribution >= 0.6 is 0 Å². The van der Waals surface area contributed by atoms with Crippen molar-refractivity contribution in [2.75, 3.05) is 26.7 Å². The Morgan fingerprint density at radius 2 is 2.17 bits per heavy atom. The number of nitrogens with one attached hydrogen (secondary N) is 1. The van der Waals surface area contributed by atoms with Crippen molar-refractivity contribution in [1.29, 1.82) is 0 Å². The summed E-state index contributed by atoms with van der Waals surface area (Å²) in [5.41, 5.74) is 1.35. The normalized spacial score (nSPS) is 15.8. The van der Waals surface area contributed by atoms with E-state index in [-0.39, 0.29) is 5.91 Å². The molecule has 1 aliphatic rings. The Hall–Kier alpha value is -2.21. The van der Waals surface area contributed by atoms with Gasteiger partial charge in [-0.3, -0.25) is 9.78 Å². The Kier molecular flexibility index (Phi) is 5.02. The summed E-state index contributed by atoms with van der Waals surface area (Å²) in [5, 5.41) is 7.39. The van der Waals surface area contributed by atoms with E-state index in [4.69, 9.17) is 0 Å². The van der Waals surface area contributed by atoms with Gasteiger partial charge in [0.1, 0.15) is 5.69 Å². The molecule has 1 saturated heterocycles. The monoisotopic (exact) mass is 313 g/mol. The number of aromatic nitrogens is 3. The Labute approximate surface area is 136 Å². The molecule has 2 aromatic heterocycles. The van der Waals surface area contributed by atoms with Gasteiger partial charge in [-0.2, -0.15) is 5.10 Å². The van der Waals surface area contributed by atoms with Crippen LogP contribution in [0.5, 0.6) is 0 Å². The van der Waals surface area contributed by atoms with Gasteiger partial charge in [0.2, 0.25) is 0 Å². The zero-order valence-electron chi connectivity index (χ0n) is 13.5. The minimum absolute atomic E-state index is 0.0195. The molecule has 1 N–H and O–H groups in total. The lowest BCUT2D eigenvalue weighted by Crippen LogP contribution is -2.39. The van der Waals surface area contributed by atoms with E-state index >= 15 is 0 Å². The van der Waals surface area contributed by atoms with Gasteiger partial charge in [0.15, 0.2) is 0 Å². The number of amides is 1. The molecule has 1 aliphatic heterocycles. The van der Waals surface area contributed by atoms with E-state index in [0.717, 1.165) is 44.1 Å². The zero-order valence-corrected chi connectivity index (χ0v) is 13.5. The summed E-state index contributed by atoms with van der Waals surface area (Å²) in [6, 6.07) is 5.52. The van der Waals surface area contributed by atoms with Crippen molar-refractivity contribution < 1.29 is 4.79 Å². The largest absolute Gasteiger partial charge is 0.337 e. The summed E-state index contributed by atoms with van der Waals surface area (Å²) in [6.07, 6.45) is 8.59. The Balaban J connectivity index is 1.64. The van der Waals surface area contributed by atoms with E-state index in [1.54, 1.807) is 17.1 Å². The molecule has 0 radical (unpaired) electrons. The predicted molar refractivity (Wildman–Crippen MR) is 88.5 cm³/mol. The standard InChI is InChI=1S/C17H23N5O/c1-18-8-3-14-5-11-21(12-6-14)17(23)16-13-15(4-9-19-16)22-10-2-7-20-22/h2,4,7,9-10,13-14,18H,3,5-6,8,11-12H2,1H3. The molecule has 3 rings (SSSR count). The molecular weight excluding hydrogens is 290 g/mol. The van der Waals surface area contributed by atoms with Crippen molar-refractivity contribution in [2.24, 2.45) is 5.92 Å². The van der Waals surface area contributed by atoms with Crippen molar-refractivity contribution in [3.05, 3.63) is 42.5 Å². The molecule has 1 fully saturated rings. The highest BCUT2D eigenvalue weighted by Gasteiger charge is 2.24. The van der Waals surface area contributed by atoms with E-state index in [9.17, 15) is 4.79 Å². The third kappa shape index (κ3) is 3.76. The number of likely N-dealkylation sites (tertiary alicyclic amines) is 1. The van der Waals surface area contributed by atoms with Gasteiger partial charge in [0.05, 0.1) is 5.69 Å². The van der Waals surface area contributed by atoms with Crippen LogP contribution in [0, 0.1) is 5.92 Å². The molecule has 0 aromatic carbocycles. The zero-order chi connectivity index (χ0) is 16.1. The number of hydrogen-bond donors (Lipinski definition) is 1. The van der Waals surface area contributed by atoms with Gasteiger partial charge in [0, 0.05) is 31.7 Å². The Morgan fingerprint density at radius 3 is 2.87 bits per heavy atom. The molecule has 122 valence electrons. The minimum Gasteiger partial charge on any atom is -0.337 e. The summed E-state index contributed by atoms with van der Waals surface area (Å²) in [6.45, 7) is 2.69. The van der Waals surface area contributed by atoms with Crippen LogP contribution in [0.4, 0.5) is 0 Å². The molecule has 0 bridgehead atoms. The third-order valence-corrected chi connectivity index (χ3v) is 4.44. The van der Waals surface area contributed by atoms with Gasteiger partial charge in [-0.25, -0.2) is 4.68 Å². The first-order valence-corrected chi connectivity index (χ1v) is 8.18. The number of hydrogen-bond acceptors (Lipinski definition) is 4. The van der Waals surface area contributed by atoms with Crippen LogP contribution in [0.2, 0.25) is 0 Å². The highest BCUT2D eigenvalue weighted by atomic mass is 16.2. The van der Waals surface area contributed by atoms with E-state index in [1.807, 2.05) is 36.3 Å². The quantitative estimate of drug-likeness (QED) is 0.913. The molecule has 3 heterocycles. The number of nitrogens with zero attached hydrogens (tertiary/aromatic N) is 4. The van der Waals surface area contributed by atoms with Crippen molar-refractivity contribution in [1.82, 2.24) is 25.0 Å². The molecule has 0 unspecified atom stereocenters. The number of carbonyl (C=O) groups is 1. The maximum atomic E-state index is 12.7. The summed E-state index contributed by atoms with van der Waals surface area (Å²) in [5.74, 6) is 0.737. The molecular formula is C17H23N5O. The number of rotatable bonds is 5. The summed E-state index contributed by atoms with van der Waals surface area (Å²) < 4.78 is 1.74. The fourth-order valence-electron chi connectivity index (χ4n) is 3.04. The fraction of sp³-hybridized carbons (Fsp3) is 0.471. The summed E-state index contributed by atoms with van der Waals surface area (Å²) in [4.78, 5) is 18.8. The SMILES string of the molecule is CNCCC1CCN(C(=O)c2cc(-n3cccn3)ccn2)CC1. The van der Waals surface area contributed by atoms with E-state index in [2.05, 4.69) is 15.4 Å². The van der Waals surface area contributed by atoms with Crippen molar-refractivity contribution in [3.63, 3.8) is 0 Å². The first-order chi connectivity index (χ1) is 11.3. The van der Waals surface area contributed by atoms with Gasteiger partial charge in [0.25, 0.3) is 5.91 Å². The maximum Gasteiger partial charge on any atom is 0.272 e. The van der Waals surface area contributed by atoms with Crippen LogP contribution in [0.15, 0.2) is 36.8 Å². The minimum atomic E-state index is 0.0195. The van der Waals surface area contributed by atoms with Crippen LogP contribution in [0.1, 0.15) is 29.8 Å². The topological polar surface area (TPSA) is 63.1 Å². The smallest absolute Gasteiger partial charge is 0.272 e.